The van der Waals surface area contributed by atoms with Gasteiger partial charge in [-0.3, -0.25) is 4.48 Å². The molecular weight excluding hydrogens is 414 g/mol. The summed E-state index contributed by atoms with van der Waals surface area (Å²) >= 11 is 0. The Morgan fingerprint density at radius 2 is 1.70 bits per heavy atom. The number of benzene rings is 2. The molecule has 4 heterocycles. The lowest BCUT2D eigenvalue weighted by atomic mass is 9.83. The number of ether oxygens (including phenoxy) is 1. The lowest BCUT2D eigenvalue weighted by molar-refractivity contribution is -0.984. The van der Waals surface area contributed by atoms with Gasteiger partial charge in [-0.05, 0) is 30.0 Å². The SMILES string of the molecule is O=C(OC1CC2CC[N+]1(CCCc1ccccc1)CC2)C(O)(c1ccccc1)c1ccco1. The normalized spacial score (nSPS) is 26.0. The van der Waals surface area contributed by atoms with Crippen molar-refractivity contribution in [2.75, 3.05) is 19.6 Å². The molecular formula is C28H32NO4+. The third-order valence-electron chi connectivity index (χ3n) is 7.63. The maximum Gasteiger partial charge on any atom is 0.355 e. The number of aliphatic hydroxyl groups is 1. The highest BCUT2D eigenvalue weighted by molar-refractivity contribution is 5.84. The summed E-state index contributed by atoms with van der Waals surface area (Å²) in [6, 6.07) is 22.8. The summed E-state index contributed by atoms with van der Waals surface area (Å²) in [7, 11) is 0. The molecule has 0 radical (unpaired) electrons. The van der Waals surface area contributed by atoms with Gasteiger partial charge in [0, 0.05) is 31.2 Å². The zero-order valence-electron chi connectivity index (χ0n) is 18.9. The first kappa shape index (κ1) is 21.9. The molecule has 3 aliphatic rings. The van der Waals surface area contributed by atoms with Crippen LogP contribution in [0, 0.1) is 5.92 Å². The zero-order valence-corrected chi connectivity index (χ0v) is 18.9. The minimum atomic E-state index is -1.96. The van der Waals surface area contributed by atoms with E-state index in [9.17, 15) is 9.90 Å². The second-order valence-corrected chi connectivity index (χ2v) is 9.57. The number of nitrogens with zero attached hydrogens (tertiary/aromatic N) is 1. The van der Waals surface area contributed by atoms with Crippen LogP contribution in [0.25, 0.3) is 0 Å². The number of esters is 1. The molecule has 2 bridgehead atoms. The molecule has 3 fully saturated rings. The number of rotatable bonds is 8. The summed E-state index contributed by atoms with van der Waals surface area (Å²) in [4.78, 5) is 13.6. The van der Waals surface area contributed by atoms with Gasteiger partial charge in [0.25, 0.3) is 0 Å². The van der Waals surface area contributed by atoms with Crippen LogP contribution < -0.4 is 0 Å². The maximum atomic E-state index is 13.6. The fraction of sp³-hybridized carbons (Fsp3) is 0.393. The number of carbonyl (C=O) groups is 1. The van der Waals surface area contributed by atoms with Gasteiger partial charge >= 0.3 is 5.97 Å². The van der Waals surface area contributed by atoms with Gasteiger partial charge in [-0.15, -0.1) is 0 Å². The molecule has 2 aromatic carbocycles. The van der Waals surface area contributed by atoms with Crippen molar-refractivity contribution >= 4 is 5.97 Å². The number of hydrogen-bond acceptors (Lipinski definition) is 4. The average Bonchev–Trinajstić information content (AvgIpc) is 3.41. The summed E-state index contributed by atoms with van der Waals surface area (Å²) < 4.78 is 12.5. The molecule has 0 amide bonds. The highest BCUT2D eigenvalue weighted by Crippen LogP contribution is 2.41. The van der Waals surface area contributed by atoms with Gasteiger partial charge in [0.05, 0.1) is 25.9 Å². The summed E-state index contributed by atoms with van der Waals surface area (Å²) in [5, 5.41) is 11.6. The molecule has 6 rings (SSSR count). The molecule has 2 atom stereocenters. The Balaban J connectivity index is 1.36. The van der Waals surface area contributed by atoms with Crippen LogP contribution in [0.3, 0.4) is 0 Å². The van der Waals surface area contributed by atoms with Crippen LogP contribution in [0.2, 0.25) is 0 Å². The second-order valence-electron chi connectivity index (χ2n) is 9.57. The first-order valence-corrected chi connectivity index (χ1v) is 12.0. The number of carbonyl (C=O) groups excluding carboxylic acids is 1. The topological polar surface area (TPSA) is 59.7 Å². The minimum Gasteiger partial charge on any atom is -0.465 e. The van der Waals surface area contributed by atoms with Crippen LogP contribution in [-0.2, 0) is 21.6 Å². The van der Waals surface area contributed by atoms with E-state index in [-0.39, 0.29) is 12.0 Å². The number of furan rings is 1. The molecule has 3 aliphatic heterocycles. The molecule has 172 valence electrons. The van der Waals surface area contributed by atoms with Crippen molar-refractivity contribution in [2.45, 2.75) is 43.9 Å². The molecule has 5 nitrogen and oxygen atoms in total. The molecule has 3 aromatic rings. The van der Waals surface area contributed by atoms with Crippen molar-refractivity contribution in [3.63, 3.8) is 0 Å². The predicted molar refractivity (Wildman–Crippen MR) is 125 cm³/mol. The fourth-order valence-corrected chi connectivity index (χ4v) is 5.67. The molecule has 0 spiro atoms. The van der Waals surface area contributed by atoms with E-state index in [0.29, 0.717) is 11.5 Å². The number of aryl methyl sites for hydroxylation is 1. The van der Waals surface area contributed by atoms with E-state index < -0.39 is 11.6 Å². The van der Waals surface area contributed by atoms with Crippen molar-refractivity contribution in [2.24, 2.45) is 5.92 Å². The Hall–Kier alpha value is -2.89. The van der Waals surface area contributed by atoms with Crippen molar-refractivity contribution in [1.29, 1.82) is 0 Å². The Labute approximate surface area is 195 Å². The summed E-state index contributed by atoms with van der Waals surface area (Å²) in [6.07, 6.45) is 6.53. The van der Waals surface area contributed by atoms with E-state index in [0.717, 1.165) is 43.4 Å². The molecule has 1 aromatic heterocycles. The second kappa shape index (κ2) is 9.16. The van der Waals surface area contributed by atoms with Crippen molar-refractivity contribution < 1.29 is 23.5 Å². The number of fused-ring (bicyclic) bond motifs is 3. The zero-order chi connectivity index (χ0) is 22.7. The van der Waals surface area contributed by atoms with Crippen LogP contribution in [-0.4, -0.2) is 41.4 Å². The molecule has 2 unspecified atom stereocenters. The molecule has 0 saturated carbocycles. The lowest BCUT2D eigenvalue weighted by Gasteiger charge is -2.53. The molecule has 3 saturated heterocycles. The number of hydrogen-bond donors (Lipinski definition) is 1. The van der Waals surface area contributed by atoms with Gasteiger partial charge < -0.3 is 14.3 Å². The van der Waals surface area contributed by atoms with E-state index in [1.54, 1.807) is 36.4 Å². The van der Waals surface area contributed by atoms with Crippen LogP contribution in [0.4, 0.5) is 0 Å². The van der Waals surface area contributed by atoms with Gasteiger partial charge in [-0.25, -0.2) is 4.79 Å². The molecule has 0 aliphatic carbocycles. The summed E-state index contributed by atoms with van der Waals surface area (Å²) in [5.74, 6) is 0.123. The Bertz CT molecular complexity index is 1040. The monoisotopic (exact) mass is 446 g/mol. The van der Waals surface area contributed by atoms with Gasteiger partial charge in [-0.1, -0.05) is 60.7 Å². The van der Waals surface area contributed by atoms with E-state index in [2.05, 4.69) is 24.3 Å². The smallest absolute Gasteiger partial charge is 0.355 e. The predicted octanol–water partition coefficient (Wildman–Crippen LogP) is 4.65. The largest absolute Gasteiger partial charge is 0.465 e. The van der Waals surface area contributed by atoms with Gasteiger partial charge in [0.15, 0.2) is 5.76 Å². The highest BCUT2D eigenvalue weighted by Gasteiger charge is 2.52. The van der Waals surface area contributed by atoms with Crippen molar-refractivity contribution in [3.8, 4) is 0 Å². The number of quaternary nitrogens is 1. The third kappa shape index (κ3) is 4.23. The first-order chi connectivity index (χ1) is 16.1. The van der Waals surface area contributed by atoms with Gasteiger partial charge in [-0.2, -0.15) is 0 Å². The third-order valence-corrected chi connectivity index (χ3v) is 7.63. The summed E-state index contributed by atoms with van der Waals surface area (Å²) in [6.45, 7) is 3.04. The van der Waals surface area contributed by atoms with Crippen LogP contribution in [0.5, 0.6) is 0 Å². The van der Waals surface area contributed by atoms with Crippen LogP contribution in [0.15, 0.2) is 83.5 Å². The van der Waals surface area contributed by atoms with Crippen molar-refractivity contribution in [1.82, 2.24) is 0 Å². The molecule has 5 heteroatoms. The van der Waals surface area contributed by atoms with E-state index in [1.807, 2.05) is 12.1 Å². The Morgan fingerprint density at radius 3 is 2.36 bits per heavy atom. The first-order valence-electron chi connectivity index (χ1n) is 12.0. The summed E-state index contributed by atoms with van der Waals surface area (Å²) in [5.41, 5.74) is -0.166. The van der Waals surface area contributed by atoms with Gasteiger partial charge in [0.2, 0.25) is 11.8 Å². The maximum absolute atomic E-state index is 13.6. The van der Waals surface area contributed by atoms with E-state index >= 15 is 0 Å². The Kier molecular flexibility index (Phi) is 6.09. The van der Waals surface area contributed by atoms with Gasteiger partial charge in [0.1, 0.15) is 0 Å². The Morgan fingerprint density at radius 1 is 1.00 bits per heavy atom. The van der Waals surface area contributed by atoms with Crippen LogP contribution in [0.1, 0.15) is 42.6 Å². The van der Waals surface area contributed by atoms with E-state index in [4.69, 9.17) is 9.15 Å². The lowest BCUT2D eigenvalue weighted by Crippen LogP contribution is -2.66. The fourth-order valence-electron chi connectivity index (χ4n) is 5.67. The highest BCUT2D eigenvalue weighted by atomic mass is 16.6. The standard InChI is InChI=1S/C28H32NO4/c30-27(28(31,25-14-8-20-32-25)24-12-5-2-6-13-24)33-26-21-23-15-18-29(26,19-16-23)17-7-11-22-9-3-1-4-10-22/h1-6,8-10,12-14,20,23,26,31H,7,11,15-19,21H2/q+1. The molecule has 1 N–H and O–H groups in total. The number of piperidine rings is 3. The average molecular weight is 447 g/mol. The van der Waals surface area contributed by atoms with E-state index in [1.165, 1.54) is 24.7 Å². The molecule has 33 heavy (non-hydrogen) atoms. The van der Waals surface area contributed by atoms with Crippen molar-refractivity contribution in [3.05, 3.63) is 95.9 Å². The quantitative estimate of drug-likeness (QED) is 0.404. The van der Waals surface area contributed by atoms with Crippen LogP contribution >= 0.6 is 0 Å². The minimum absolute atomic E-state index is 0.185.